The number of rotatable bonds is 5. The van der Waals surface area contributed by atoms with Crippen LogP contribution in [-0.4, -0.2) is 68.2 Å². The monoisotopic (exact) mass is 344 g/mol. The van der Waals surface area contributed by atoms with E-state index < -0.39 is 9.84 Å². The Morgan fingerprint density at radius 3 is 2.70 bits per heavy atom. The van der Waals surface area contributed by atoms with Crippen molar-refractivity contribution in [3.8, 4) is 0 Å². The maximum absolute atomic E-state index is 12.4. The Hall–Kier alpha value is -1.11. The minimum Gasteiger partial charge on any atom is -0.342 e. The smallest absolute Gasteiger partial charge is 0.224 e. The van der Waals surface area contributed by atoms with Crippen LogP contribution < -0.4 is 0 Å². The van der Waals surface area contributed by atoms with Crippen LogP contribution in [0.25, 0.3) is 0 Å². The Bertz CT molecular complexity index is 532. The highest BCUT2D eigenvalue weighted by molar-refractivity contribution is 7.90. The van der Waals surface area contributed by atoms with Crippen LogP contribution in [0.15, 0.2) is 0 Å². The molecule has 2 amide bonds. The van der Waals surface area contributed by atoms with Crippen LogP contribution in [0.5, 0.6) is 0 Å². The number of likely N-dealkylation sites (tertiary alicyclic amines) is 2. The summed E-state index contributed by atoms with van der Waals surface area (Å²) in [4.78, 5) is 27.9. The fourth-order valence-electron chi connectivity index (χ4n) is 3.52. The first kappa shape index (κ1) is 18.2. The number of sulfone groups is 1. The van der Waals surface area contributed by atoms with Gasteiger partial charge in [0.15, 0.2) is 0 Å². The van der Waals surface area contributed by atoms with E-state index in [1.807, 2.05) is 4.90 Å². The van der Waals surface area contributed by atoms with Crippen molar-refractivity contribution < 1.29 is 18.0 Å². The van der Waals surface area contributed by atoms with E-state index in [0.717, 1.165) is 38.6 Å². The summed E-state index contributed by atoms with van der Waals surface area (Å²) < 4.78 is 22.9. The molecule has 132 valence electrons. The van der Waals surface area contributed by atoms with Crippen molar-refractivity contribution in [3.63, 3.8) is 0 Å². The molecular formula is C16H28N2O4S. The number of hydrogen-bond acceptors (Lipinski definition) is 4. The second-order valence-electron chi connectivity index (χ2n) is 6.88. The average molecular weight is 344 g/mol. The van der Waals surface area contributed by atoms with Gasteiger partial charge in [-0.1, -0.05) is 6.42 Å². The van der Waals surface area contributed by atoms with Gasteiger partial charge in [-0.25, -0.2) is 8.42 Å². The Morgan fingerprint density at radius 1 is 1.17 bits per heavy atom. The molecule has 7 heteroatoms. The lowest BCUT2D eigenvalue weighted by Gasteiger charge is -2.33. The summed E-state index contributed by atoms with van der Waals surface area (Å²) in [5, 5.41) is 0. The van der Waals surface area contributed by atoms with Gasteiger partial charge in [-0.15, -0.1) is 0 Å². The van der Waals surface area contributed by atoms with Crippen LogP contribution in [0.2, 0.25) is 0 Å². The zero-order valence-electron chi connectivity index (χ0n) is 14.0. The van der Waals surface area contributed by atoms with Gasteiger partial charge in [-0.2, -0.15) is 0 Å². The first-order valence-corrected chi connectivity index (χ1v) is 10.6. The van der Waals surface area contributed by atoms with Crippen molar-refractivity contribution in [2.45, 2.75) is 44.9 Å². The number of carbonyl (C=O) groups excluding carboxylic acids is 2. The largest absolute Gasteiger partial charge is 0.342 e. The summed E-state index contributed by atoms with van der Waals surface area (Å²) in [6.45, 7) is 2.47. The molecule has 6 nitrogen and oxygen atoms in total. The average Bonchev–Trinajstić information content (AvgIpc) is 2.68. The zero-order chi connectivity index (χ0) is 16.9. The number of hydrogen-bond donors (Lipinski definition) is 0. The Kier molecular flexibility index (Phi) is 6.44. The van der Waals surface area contributed by atoms with Crippen LogP contribution in [0.4, 0.5) is 0 Å². The molecule has 2 fully saturated rings. The summed E-state index contributed by atoms with van der Waals surface area (Å²) in [7, 11) is -3.00. The molecule has 0 spiro atoms. The second-order valence-corrected chi connectivity index (χ2v) is 9.07. The normalized spacial score (nSPS) is 23.7. The predicted molar refractivity (Wildman–Crippen MR) is 88.7 cm³/mol. The molecular weight excluding hydrogens is 316 g/mol. The lowest BCUT2D eigenvalue weighted by atomic mass is 10.00. The molecule has 1 unspecified atom stereocenters. The third-order valence-corrected chi connectivity index (χ3v) is 5.75. The Balaban J connectivity index is 1.81. The van der Waals surface area contributed by atoms with Crippen molar-refractivity contribution in [3.05, 3.63) is 0 Å². The molecule has 0 aromatic rings. The molecule has 2 saturated heterocycles. The van der Waals surface area contributed by atoms with Gasteiger partial charge in [-0.05, 0) is 31.6 Å². The van der Waals surface area contributed by atoms with Gasteiger partial charge < -0.3 is 9.80 Å². The SMILES string of the molecule is CS(=O)(=O)CC1CCCN(C(=O)CCN2CCCCCC2=O)C1. The van der Waals surface area contributed by atoms with Crippen LogP contribution in [0.3, 0.4) is 0 Å². The van der Waals surface area contributed by atoms with Crippen molar-refractivity contribution in [2.75, 3.05) is 38.2 Å². The predicted octanol–water partition coefficient (Wildman–Crippen LogP) is 1.06. The van der Waals surface area contributed by atoms with Crippen molar-refractivity contribution in [2.24, 2.45) is 5.92 Å². The van der Waals surface area contributed by atoms with E-state index in [-0.39, 0.29) is 23.5 Å². The summed E-state index contributed by atoms with van der Waals surface area (Å²) in [5.41, 5.74) is 0. The van der Waals surface area contributed by atoms with E-state index in [0.29, 0.717) is 32.5 Å². The standard InChI is InChI=1S/C16H28N2O4S/c1-23(21,22)13-14-6-5-10-18(12-14)16(20)8-11-17-9-4-2-3-7-15(17)19/h14H,2-13H2,1H3. The second kappa shape index (κ2) is 8.13. The van der Waals surface area contributed by atoms with E-state index in [2.05, 4.69) is 0 Å². The van der Waals surface area contributed by atoms with Gasteiger partial charge >= 0.3 is 0 Å². The molecule has 0 N–H and O–H groups in total. The van der Waals surface area contributed by atoms with Crippen molar-refractivity contribution >= 4 is 21.7 Å². The van der Waals surface area contributed by atoms with Gasteiger partial charge in [0.1, 0.15) is 9.84 Å². The summed E-state index contributed by atoms with van der Waals surface area (Å²) >= 11 is 0. The van der Waals surface area contributed by atoms with E-state index in [4.69, 9.17) is 0 Å². The highest BCUT2D eigenvalue weighted by atomic mass is 32.2. The maximum atomic E-state index is 12.4. The lowest BCUT2D eigenvalue weighted by Crippen LogP contribution is -2.43. The van der Waals surface area contributed by atoms with Gasteiger partial charge in [0.25, 0.3) is 0 Å². The highest BCUT2D eigenvalue weighted by Gasteiger charge is 2.26. The molecule has 0 bridgehead atoms. The molecule has 1 atom stereocenters. The molecule has 2 aliphatic rings. The van der Waals surface area contributed by atoms with E-state index in [9.17, 15) is 18.0 Å². The molecule has 0 radical (unpaired) electrons. The quantitative estimate of drug-likeness (QED) is 0.747. The third-order valence-electron chi connectivity index (χ3n) is 4.68. The van der Waals surface area contributed by atoms with E-state index in [1.54, 1.807) is 4.90 Å². The molecule has 0 aromatic heterocycles. The van der Waals surface area contributed by atoms with E-state index >= 15 is 0 Å². The lowest BCUT2D eigenvalue weighted by molar-refractivity contribution is -0.135. The number of nitrogens with zero attached hydrogens (tertiary/aromatic N) is 2. The topological polar surface area (TPSA) is 74.8 Å². The van der Waals surface area contributed by atoms with Crippen LogP contribution in [0, 0.1) is 5.92 Å². The fourth-order valence-corrected chi connectivity index (χ4v) is 4.65. The Labute approximate surface area is 139 Å². The molecule has 2 aliphatic heterocycles. The summed E-state index contributed by atoms with van der Waals surface area (Å²) in [6, 6.07) is 0. The minimum atomic E-state index is -3.00. The maximum Gasteiger partial charge on any atom is 0.224 e. The zero-order valence-corrected chi connectivity index (χ0v) is 14.8. The molecule has 0 saturated carbocycles. The molecule has 2 heterocycles. The first-order valence-electron chi connectivity index (χ1n) is 8.58. The van der Waals surface area contributed by atoms with Gasteiger partial charge in [0.2, 0.25) is 11.8 Å². The van der Waals surface area contributed by atoms with E-state index in [1.165, 1.54) is 6.26 Å². The van der Waals surface area contributed by atoms with Gasteiger partial charge in [0.05, 0.1) is 5.75 Å². The fraction of sp³-hybridized carbons (Fsp3) is 0.875. The number of piperidine rings is 1. The summed E-state index contributed by atoms with van der Waals surface area (Å²) in [6.07, 6.45) is 6.94. The van der Waals surface area contributed by atoms with Crippen LogP contribution in [0.1, 0.15) is 44.9 Å². The molecule has 23 heavy (non-hydrogen) atoms. The molecule has 2 rings (SSSR count). The highest BCUT2D eigenvalue weighted by Crippen LogP contribution is 2.19. The van der Waals surface area contributed by atoms with Crippen molar-refractivity contribution in [1.82, 2.24) is 9.80 Å². The van der Waals surface area contributed by atoms with Gasteiger partial charge in [0, 0.05) is 45.3 Å². The Morgan fingerprint density at radius 2 is 1.96 bits per heavy atom. The van der Waals surface area contributed by atoms with Crippen LogP contribution in [-0.2, 0) is 19.4 Å². The minimum absolute atomic E-state index is 0.0419. The summed E-state index contributed by atoms with van der Waals surface area (Å²) in [5.74, 6) is 0.396. The van der Waals surface area contributed by atoms with Gasteiger partial charge in [-0.3, -0.25) is 9.59 Å². The van der Waals surface area contributed by atoms with Crippen molar-refractivity contribution in [1.29, 1.82) is 0 Å². The molecule has 0 aromatic carbocycles. The van der Waals surface area contributed by atoms with Crippen LogP contribution >= 0.6 is 0 Å². The molecule has 0 aliphatic carbocycles. The third kappa shape index (κ3) is 6.12. The first-order chi connectivity index (χ1) is 10.8. The number of amides is 2. The number of carbonyl (C=O) groups is 2.